The molecule has 2 aliphatic rings. The molecule has 0 radical (unpaired) electrons. The molecule has 2 amide bonds. The highest BCUT2D eigenvalue weighted by Crippen LogP contribution is 2.30. The van der Waals surface area contributed by atoms with Gasteiger partial charge in [-0.3, -0.25) is 4.90 Å². The van der Waals surface area contributed by atoms with Gasteiger partial charge in [-0.05, 0) is 42.3 Å². The molecule has 0 unspecified atom stereocenters. The highest BCUT2D eigenvalue weighted by atomic mass is 19.1. The van der Waals surface area contributed by atoms with Gasteiger partial charge in [-0.1, -0.05) is 18.2 Å². The number of nitrogens with one attached hydrogen (secondary N) is 2. The number of para-hydroxylation sites is 1. The van der Waals surface area contributed by atoms with Crippen molar-refractivity contribution in [1.29, 1.82) is 0 Å². The van der Waals surface area contributed by atoms with E-state index in [0.29, 0.717) is 11.7 Å². The number of carbonyl (C=O) groups excluding carboxylic acids is 1. The molecule has 6 heteroatoms. The highest BCUT2D eigenvalue weighted by Gasteiger charge is 2.35. The lowest BCUT2D eigenvalue weighted by Gasteiger charge is -2.24. The van der Waals surface area contributed by atoms with Crippen molar-refractivity contribution in [3.05, 3.63) is 59.9 Å². The SMILES string of the molecule is CN1C[C@@H]2C[C@H](NC(=O)Nc3ccc(F)cc3)CN2Cc2ccccc21. The van der Waals surface area contributed by atoms with Crippen LogP contribution in [0.4, 0.5) is 20.6 Å². The minimum Gasteiger partial charge on any atom is -0.373 e. The summed E-state index contributed by atoms with van der Waals surface area (Å²) in [5.74, 6) is -0.316. The molecule has 5 nitrogen and oxygen atoms in total. The molecule has 1 saturated heterocycles. The molecule has 0 spiro atoms. The zero-order valence-electron chi connectivity index (χ0n) is 14.8. The van der Waals surface area contributed by atoms with Crippen LogP contribution in [0.3, 0.4) is 0 Å². The van der Waals surface area contributed by atoms with E-state index in [1.54, 1.807) is 12.1 Å². The summed E-state index contributed by atoms with van der Waals surface area (Å²) in [6, 6.07) is 14.6. The van der Waals surface area contributed by atoms with Gasteiger partial charge in [0.25, 0.3) is 0 Å². The summed E-state index contributed by atoms with van der Waals surface area (Å²) >= 11 is 0. The van der Waals surface area contributed by atoms with Gasteiger partial charge in [0.2, 0.25) is 0 Å². The maximum Gasteiger partial charge on any atom is 0.319 e. The van der Waals surface area contributed by atoms with Crippen LogP contribution in [-0.2, 0) is 6.54 Å². The predicted molar refractivity (Wildman–Crippen MR) is 101 cm³/mol. The Morgan fingerprint density at radius 2 is 1.88 bits per heavy atom. The van der Waals surface area contributed by atoms with Crippen LogP contribution < -0.4 is 15.5 Å². The van der Waals surface area contributed by atoms with Gasteiger partial charge in [0.05, 0.1) is 0 Å². The van der Waals surface area contributed by atoms with Crippen LogP contribution >= 0.6 is 0 Å². The summed E-state index contributed by atoms with van der Waals surface area (Å²) in [5, 5.41) is 5.82. The monoisotopic (exact) mass is 354 g/mol. The third kappa shape index (κ3) is 3.51. The minimum absolute atomic E-state index is 0.110. The maximum atomic E-state index is 13.0. The second-order valence-corrected chi connectivity index (χ2v) is 7.13. The van der Waals surface area contributed by atoms with Crippen molar-refractivity contribution in [2.75, 3.05) is 30.4 Å². The van der Waals surface area contributed by atoms with Crippen molar-refractivity contribution in [3.8, 4) is 0 Å². The van der Waals surface area contributed by atoms with Gasteiger partial charge in [-0.2, -0.15) is 0 Å². The predicted octanol–water partition coefficient (Wildman–Crippen LogP) is 3.04. The standard InChI is InChI=1S/C20H23FN4O/c1-24-13-18-10-17(12-25(18)11-14-4-2-3-5-19(14)24)23-20(26)22-16-8-6-15(21)7-9-16/h2-9,17-18H,10-13H2,1H3,(H2,22,23,26)/t17-,18-/m0/s1. The number of rotatable bonds is 2. The summed E-state index contributed by atoms with van der Waals surface area (Å²) in [4.78, 5) is 17.0. The maximum absolute atomic E-state index is 13.0. The Hall–Kier alpha value is -2.60. The Balaban J connectivity index is 1.38. The Kier molecular flexibility index (Phi) is 4.51. The summed E-state index contributed by atoms with van der Waals surface area (Å²) in [6.45, 7) is 2.70. The Labute approximate surface area is 152 Å². The first-order valence-corrected chi connectivity index (χ1v) is 8.94. The number of hydrogen-bond donors (Lipinski definition) is 2. The van der Waals surface area contributed by atoms with Crippen molar-refractivity contribution in [3.63, 3.8) is 0 Å². The highest BCUT2D eigenvalue weighted by molar-refractivity contribution is 5.89. The molecule has 2 N–H and O–H groups in total. The Morgan fingerprint density at radius 3 is 2.69 bits per heavy atom. The number of halogens is 1. The van der Waals surface area contributed by atoms with E-state index in [1.807, 2.05) is 0 Å². The lowest BCUT2D eigenvalue weighted by atomic mass is 10.1. The molecular weight excluding hydrogens is 331 g/mol. The third-order valence-electron chi connectivity index (χ3n) is 5.23. The second-order valence-electron chi connectivity index (χ2n) is 7.13. The van der Waals surface area contributed by atoms with Crippen LogP contribution in [0.1, 0.15) is 12.0 Å². The zero-order valence-corrected chi connectivity index (χ0v) is 14.8. The molecule has 2 aromatic carbocycles. The largest absolute Gasteiger partial charge is 0.373 e. The molecule has 1 fully saturated rings. The average Bonchev–Trinajstić information content (AvgIpc) is 2.92. The number of carbonyl (C=O) groups is 1. The molecule has 0 aliphatic carbocycles. The first-order valence-electron chi connectivity index (χ1n) is 8.94. The fourth-order valence-corrected chi connectivity index (χ4v) is 4.01. The van der Waals surface area contributed by atoms with E-state index < -0.39 is 0 Å². The van der Waals surface area contributed by atoms with E-state index in [9.17, 15) is 9.18 Å². The summed E-state index contributed by atoms with van der Waals surface area (Å²) in [7, 11) is 2.13. The molecule has 0 bridgehead atoms. The van der Waals surface area contributed by atoms with Gasteiger partial charge in [0.15, 0.2) is 0 Å². The van der Waals surface area contributed by atoms with Gasteiger partial charge < -0.3 is 15.5 Å². The van der Waals surface area contributed by atoms with E-state index in [-0.39, 0.29) is 17.9 Å². The van der Waals surface area contributed by atoms with Crippen molar-refractivity contribution in [1.82, 2.24) is 10.2 Å². The molecule has 4 rings (SSSR count). The first-order chi connectivity index (χ1) is 12.6. The lowest BCUT2D eigenvalue weighted by molar-refractivity contribution is 0.243. The zero-order chi connectivity index (χ0) is 18.1. The third-order valence-corrected chi connectivity index (χ3v) is 5.23. The van der Waals surface area contributed by atoms with Crippen molar-refractivity contribution in [2.45, 2.75) is 25.0 Å². The van der Waals surface area contributed by atoms with Crippen LogP contribution in [0.15, 0.2) is 48.5 Å². The fraction of sp³-hybridized carbons (Fsp3) is 0.350. The number of amides is 2. The average molecular weight is 354 g/mol. The van der Waals surface area contributed by atoms with Crippen LogP contribution in [0.2, 0.25) is 0 Å². The number of anilines is 2. The molecule has 2 aromatic rings. The molecular formula is C20H23FN4O. The number of urea groups is 1. The first kappa shape index (κ1) is 16.8. The lowest BCUT2D eigenvalue weighted by Crippen LogP contribution is -2.39. The number of benzene rings is 2. The molecule has 0 aromatic heterocycles. The Bertz CT molecular complexity index is 795. The van der Waals surface area contributed by atoms with E-state index in [2.05, 4.69) is 51.7 Å². The quantitative estimate of drug-likeness (QED) is 0.871. The molecule has 2 atom stereocenters. The number of fused-ring (bicyclic) bond motifs is 2. The van der Waals surface area contributed by atoms with Gasteiger partial charge in [0.1, 0.15) is 5.82 Å². The molecule has 26 heavy (non-hydrogen) atoms. The molecule has 2 heterocycles. The van der Waals surface area contributed by atoms with Crippen LogP contribution in [-0.4, -0.2) is 43.2 Å². The second kappa shape index (κ2) is 6.96. The van der Waals surface area contributed by atoms with Crippen LogP contribution in [0, 0.1) is 5.82 Å². The number of nitrogens with zero attached hydrogens (tertiary/aromatic N) is 2. The van der Waals surface area contributed by atoms with E-state index in [4.69, 9.17) is 0 Å². The summed E-state index contributed by atoms with van der Waals surface area (Å²) in [5.41, 5.74) is 3.21. The number of likely N-dealkylation sites (N-methyl/N-ethyl adjacent to an activating group) is 1. The van der Waals surface area contributed by atoms with Crippen molar-refractivity contribution >= 4 is 17.4 Å². The smallest absolute Gasteiger partial charge is 0.319 e. The van der Waals surface area contributed by atoms with E-state index in [1.165, 1.54) is 23.4 Å². The van der Waals surface area contributed by atoms with Gasteiger partial charge in [-0.15, -0.1) is 0 Å². The van der Waals surface area contributed by atoms with E-state index in [0.717, 1.165) is 26.1 Å². The van der Waals surface area contributed by atoms with Gasteiger partial charge >= 0.3 is 6.03 Å². The number of hydrogen-bond acceptors (Lipinski definition) is 3. The van der Waals surface area contributed by atoms with Gasteiger partial charge in [0, 0.05) is 50.1 Å². The van der Waals surface area contributed by atoms with E-state index >= 15 is 0 Å². The fourth-order valence-electron chi connectivity index (χ4n) is 4.01. The normalized spacial score (nSPS) is 22.3. The summed E-state index contributed by atoms with van der Waals surface area (Å²) < 4.78 is 13.0. The Morgan fingerprint density at radius 1 is 1.12 bits per heavy atom. The van der Waals surface area contributed by atoms with Crippen LogP contribution in [0.25, 0.3) is 0 Å². The topological polar surface area (TPSA) is 47.6 Å². The van der Waals surface area contributed by atoms with Crippen LogP contribution in [0.5, 0.6) is 0 Å². The minimum atomic E-state index is -0.316. The van der Waals surface area contributed by atoms with Crippen molar-refractivity contribution in [2.24, 2.45) is 0 Å². The summed E-state index contributed by atoms with van der Waals surface area (Å²) in [6.07, 6.45) is 0.926. The molecule has 2 aliphatic heterocycles. The van der Waals surface area contributed by atoms with Gasteiger partial charge in [-0.25, -0.2) is 9.18 Å². The molecule has 0 saturated carbocycles. The van der Waals surface area contributed by atoms with Crippen molar-refractivity contribution < 1.29 is 9.18 Å². The molecule has 136 valence electrons.